The van der Waals surface area contributed by atoms with Crippen molar-refractivity contribution in [3.8, 4) is 5.75 Å². The molecule has 0 aromatic heterocycles. The van der Waals surface area contributed by atoms with Crippen LogP contribution in [0.2, 0.25) is 0 Å². The highest BCUT2D eigenvalue weighted by molar-refractivity contribution is 5.87. The largest absolute Gasteiger partial charge is 0.508 e. The topological polar surface area (TPSA) is 32.3 Å². The van der Waals surface area contributed by atoms with Gasteiger partial charge in [-0.3, -0.25) is 0 Å². The molecule has 1 atom stereocenters. The molecule has 1 saturated carbocycles. The summed E-state index contributed by atoms with van der Waals surface area (Å²) in [5, 5.41) is 16.0. The van der Waals surface area contributed by atoms with Gasteiger partial charge in [-0.15, -0.1) is 0 Å². The Morgan fingerprint density at radius 3 is 2.74 bits per heavy atom. The normalized spacial score (nSPS) is 17.3. The van der Waals surface area contributed by atoms with E-state index in [9.17, 15) is 5.11 Å². The van der Waals surface area contributed by atoms with Gasteiger partial charge in [-0.05, 0) is 42.5 Å². The van der Waals surface area contributed by atoms with E-state index < -0.39 is 0 Å². The molecule has 19 heavy (non-hydrogen) atoms. The molecule has 2 nitrogen and oxygen atoms in total. The zero-order chi connectivity index (χ0) is 13.2. The summed E-state index contributed by atoms with van der Waals surface area (Å²) in [6.45, 7) is 3.00. The lowest BCUT2D eigenvalue weighted by molar-refractivity contribution is 0.239. The van der Waals surface area contributed by atoms with Crippen LogP contribution in [0.15, 0.2) is 36.4 Å². The molecule has 0 spiro atoms. The SMILES string of the molecule is CC(NCc1c(O)ccc2ccccc12)C1CCC1. The average Bonchev–Trinajstić information content (AvgIpc) is 2.35. The molecule has 3 rings (SSSR count). The lowest BCUT2D eigenvalue weighted by Gasteiger charge is -2.32. The number of aromatic hydroxyl groups is 1. The predicted molar refractivity (Wildman–Crippen MR) is 79.3 cm³/mol. The van der Waals surface area contributed by atoms with Crippen molar-refractivity contribution >= 4 is 10.8 Å². The van der Waals surface area contributed by atoms with Crippen molar-refractivity contribution in [2.45, 2.75) is 38.8 Å². The second-order valence-corrected chi connectivity index (χ2v) is 5.64. The lowest BCUT2D eigenvalue weighted by atomic mass is 9.80. The Balaban J connectivity index is 1.81. The van der Waals surface area contributed by atoms with Gasteiger partial charge in [0.15, 0.2) is 0 Å². The highest BCUT2D eigenvalue weighted by Crippen LogP contribution is 2.31. The second-order valence-electron chi connectivity index (χ2n) is 5.64. The van der Waals surface area contributed by atoms with Crippen LogP contribution in [-0.2, 0) is 6.54 Å². The van der Waals surface area contributed by atoms with Crippen molar-refractivity contribution in [3.63, 3.8) is 0 Å². The molecule has 0 saturated heterocycles. The predicted octanol–water partition coefficient (Wildman–Crippen LogP) is 3.82. The van der Waals surface area contributed by atoms with E-state index >= 15 is 0 Å². The molecular weight excluding hydrogens is 234 g/mol. The van der Waals surface area contributed by atoms with Crippen LogP contribution < -0.4 is 5.32 Å². The van der Waals surface area contributed by atoms with Gasteiger partial charge in [0, 0.05) is 18.2 Å². The summed E-state index contributed by atoms with van der Waals surface area (Å²) in [4.78, 5) is 0. The monoisotopic (exact) mass is 255 g/mol. The molecule has 2 aromatic rings. The van der Waals surface area contributed by atoms with Gasteiger partial charge in [-0.2, -0.15) is 0 Å². The Hall–Kier alpha value is -1.54. The first-order chi connectivity index (χ1) is 9.25. The maximum absolute atomic E-state index is 10.1. The van der Waals surface area contributed by atoms with E-state index in [1.165, 1.54) is 24.6 Å². The minimum absolute atomic E-state index is 0.395. The minimum atomic E-state index is 0.395. The van der Waals surface area contributed by atoms with Crippen LogP contribution in [0.5, 0.6) is 5.75 Å². The zero-order valence-corrected chi connectivity index (χ0v) is 11.4. The Labute approximate surface area is 114 Å². The average molecular weight is 255 g/mol. The molecule has 1 unspecified atom stereocenters. The molecule has 0 heterocycles. The molecule has 1 fully saturated rings. The molecule has 0 amide bonds. The fraction of sp³-hybridized carbons (Fsp3) is 0.412. The van der Waals surface area contributed by atoms with Crippen LogP contribution in [0.3, 0.4) is 0 Å². The zero-order valence-electron chi connectivity index (χ0n) is 11.4. The molecule has 0 radical (unpaired) electrons. The van der Waals surface area contributed by atoms with E-state index in [2.05, 4.69) is 24.4 Å². The summed E-state index contributed by atoms with van der Waals surface area (Å²) in [6.07, 6.45) is 4.06. The van der Waals surface area contributed by atoms with Crippen LogP contribution in [0.1, 0.15) is 31.7 Å². The molecular formula is C17H21NO. The third-order valence-electron chi connectivity index (χ3n) is 4.47. The molecule has 1 aliphatic carbocycles. The standard InChI is InChI=1S/C17H21NO/c1-12(13-6-4-7-13)18-11-16-15-8-3-2-5-14(15)9-10-17(16)19/h2-3,5,8-10,12-13,18-19H,4,6-7,11H2,1H3. The molecule has 1 aliphatic rings. The number of rotatable bonds is 4. The number of phenolic OH excluding ortho intramolecular Hbond substituents is 1. The number of nitrogens with one attached hydrogen (secondary N) is 1. The highest BCUT2D eigenvalue weighted by Gasteiger charge is 2.23. The fourth-order valence-electron chi connectivity index (χ4n) is 2.88. The van der Waals surface area contributed by atoms with Crippen molar-refractivity contribution in [1.82, 2.24) is 5.32 Å². The first kappa shape index (κ1) is 12.5. The number of phenols is 1. The Kier molecular flexibility index (Phi) is 3.43. The number of benzene rings is 2. The van der Waals surface area contributed by atoms with E-state index in [1.807, 2.05) is 18.2 Å². The maximum Gasteiger partial charge on any atom is 0.120 e. The second kappa shape index (κ2) is 5.22. The van der Waals surface area contributed by atoms with Gasteiger partial charge in [0.05, 0.1) is 0 Å². The summed E-state index contributed by atoms with van der Waals surface area (Å²) >= 11 is 0. The van der Waals surface area contributed by atoms with Crippen molar-refractivity contribution in [3.05, 3.63) is 42.0 Å². The minimum Gasteiger partial charge on any atom is -0.508 e. The molecule has 0 bridgehead atoms. The van der Waals surface area contributed by atoms with Gasteiger partial charge in [0.1, 0.15) is 5.75 Å². The summed E-state index contributed by atoms with van der Waals surface area (Å²) in [6, 6.07) is 12.5. The number of hydrogen-bond donors (Lipinski definition) is 2. The third kappa shape index (κ3) is 2.45. The van der Waals surface area contributed by atoms with Crippen LogP contribution >= 0.6 is 0 Å². The van der Waals surface area contributed by atoms with Crippen molar-refractivity contribution in [1.29, 1.82) is 0 Å². The Bertz CT molecular complexity index is 574. The molecule has 2 aromatic carbocycles. The van der Waals surface area contributed by atoms with E-state index in [4.69, 9.17) is 0 Å². The van der Waals surface area contributed by atoms with E-state index in [0.717, 1.165) is 23.4 Å². The van der Waals surface area contributed by atoms with Crippen molar-refractivity contribution < 1.29 is 5.11 Å². The van der Waals surface area contributed by atoms with Gasteiger partial charge >= 0.3 is 0 Å². The van der Waals surface area contributed by atoms with Crippen LogP contribution in [0.4, 0.5) is 0 Å². The van der Waals surface area contributed by atoms with Gasteiger partial charge in [0.25, 0.3) is 0 Å². The number of hydrogen-bond acceptors (Lipinski definition) is 2. The van der Waals surface area contributed by atoms with Crippen LogP contribution in [0, 0.1) is 5.92 Å². The number of fused-ring (bicyclic) bond motifs is 1. The fourth-order valence-corrected chi connectivity index (χ4v) is 2.88. The smallest absolute Gasteiger partial charge is 0.120 e. The summed E-state index contributed by atoms with van der Waals surface area (Å²) in [7, 11) is 0. The van der Waals surface area contributed by atoms with Gasteiger partial charge < -0.3 is 10.4 Å². The molecule has 0 aliphatic heterocycles. The van der Waals surface area contributed by atoms with Gasteiger partial charge in [-0.25, -0.2) is 0 Å². The molecule has 100 valence electrons. The van der Waals surface area contributed by atoms with Crippen molar-refractivity contribution in [2.75, 3.05) is 0 Å². The van der Waals surface area contributed by atoms with Crippen LogP contribution in [-0.4, -0.2) is 11.1 Å². The summed E-state index contributed by atoms with van der Waals surface area (Å²) < 4.78 is 0. The highest BCUT2D eigenvalue weighted by atomic mass is 16.3. The quantitative estimate of drug-likeness (QED) is 0.870. The maximum atomic E-state index is 10.1. The Morgan fingerprint density at radius 2 is 2.00 bits per heavy atom. The Morgan fingerprint density at radius 1 is 1.21 bits per heavy atom. The van der Waals surface area contributed by atoms with E-state index in [0.29, 0.717) is 11.8 Å². The summed E-state index contributed by atoms with van der Waals surface area (Å²) in [5.74, 6) is 1.21. The van der Waals surface area contributed by atoms with Gasteiger partial charge in [-0.1, -0.05) is 36.8 Å². The van der Waals surface area contributed by atoms with E-state index in [-0.39, 0.29) is 0 Å². The molecule has 2 N–H and O–H groups in total. The lowest BCUT2D eigenvalue weighted by Crippen LogP contribution is -2.36. The molecule has 2 heteroatoms. The van der Waals surface area contributed by atoms with Gasteiger partial charge in [0.2, 0.25) is 0 Å². The summed E-state index contributed by atoms with van der Waals surface area (Å²) in [5.41, 5.74) is 1.02. The third-order valence-corrected chi connectivity index (χ3v) is 4.47. The first-order valence-electron chi connectivity index (χ1n) is 7.18. The van der Waals surface area contributed by atoms with Crippen molar-refractivity contribution in [2.24, 2.45) is 5.92 Å². The van der Waals surface area contributed by atoms with E-state index in [1.54, 1.807) is 6.07 Å². The van der Waals surface area contributed by atoms with Crippen LogP contribution in [0.25, 0.3) is 10.8 Å². The first-order valence-corrected chi connectivity index (χ1v) is 7.18.